The average Bonchev–Trinajstić information content (AvgIpc) is 2.27. The lowest BCUT2D eigenvalue weighted by molar-refractivity contribution is 0.343. The number of nitrogens with one attached hydrogen (secondary N) is 1. The van der Waals surface area contributed by atoms with Crippen molar-refractivity contribution in [3.05, 3.63) is 0 Å². The van der Waals surface area contributed by atoms with Crippen molar-refractivity contribution in [1.29, 1.82) is 0 Å². The van der Waals surface area contributed by atoms with Crippen molar-refractivity contribution in [2.75, 3.05) is 0 Å². The summed E-state index contributed by atoms with van der Waals surface area (Å²) in [6.45, 7) is 11.5. The highest BCUT2D eigenvalue weighted by Gasteiger charge is 2.12. The molecule has 0 aromatic rings. The van der Waals surface area contributed by atoms with E-state index in [0.717, 1.165) is 5.92 Å². The maximum absolute atomic E-state index is 3.72. The first-order valence-corrected chi connectivity index (χ1v) is 7.37. The molecule has 0 bridgehead atoms. The van der Waals surface area contributed by atoms with Crippen molar-refractivity contribution in [2.24, 2.45) is 5.92 Å². The predicted molar refractivity (Wildman–Crippen MR) is 74.9 cm³/mol. The molecule has 1 heteroatoms. The van der Waals surface area contributed by atoms with Gasteiger partial charge in [0.1, 0.15) is 0 Å². The first-order chi connectivity index (χ1) is 7.61. The van der Waals surface area contributed by atoms with E-state index in [1.165, 1.54) is 44.9 Å². The molecule has 3 unspecified atom stereocenters. The number of hydrogen-bond donors (Lipinski definition) is 1. The SMILES string of the molecule is CCCCCCCC(C)NC(C)C(C)CC. The minimum absolute atomic E-state index is 0.663. The largest absolute Gasteiger partial charge is 0.312 e. The molecular formula is C15H33N. The summed E-state index contributed by atoms with van der Waals surface area (Å²) in [7, 11) is 0. The third kappa shape index (κ3) is 8.15. The highest BCUT2D eigenvalue weighted by Crippen LogP contribution is 2.11. The summed E-state index contributed by atoms with van der Waals surface area (Å²) in [5.41, 5.74) is 0. The van der Waals surface area contributed by atoms with Crippen molar-refractivity contribution in [3.8, 4) is 0 Å². The Hall–Kier alpha value is -0.0400. The lowest BCUT2D eigenvalue weighted by atomic mass is 9.99. The monoisotopic (exact) mass is 227 g/mol. The van der Waals surface area contributed by atoms with Crippen LogP contribution in [-0.4, -0.2) is 12.1 Å². The molecule has 0 saturated heterocycles. The summed E-state index contributed by atoms with van der Waals surface area (Å²) in [6, 6.07) is 1.35. The van der Waals surface area contributed by atoms with Gasteiger partial charge in [-0.1, -0.05) is 59.3 Å². The summed E-state index contributed by atoms with van der Waals surface area (Å²) in [5.74, 6) is 0.794. The Morgan fingerprint density at radius 3 is 2.06 bits per heavy atom. The summed E-state index contributed by atoms with van der Waals surface area (Å²) in [4.78, 5) is 0. The molecule has 0 saturated carbocycles. The normalized spacial score (nSPS) is 17.1. The van der Waals surface area contributed by atoms with E-state index >= 15 is 0 Å². The molecule has 0 aromatic heterocycles. The van der Waals surface area contributed by atoms with Gasteiger partial charge in [-0.05, 0) is 26.2 Å². The Morgan fingerprint density at radius 1 is 0.875 bits per heavy atom. The lowest BCUT2D eigenvalue weighted by Gasteiger charge is -2.24. The van der Waals surface area contributed by atoms with Gasteiger partial charge in [0.05, 0.1) is 0 Å². The van der Waals surface area contributed by atoms with Crippen LogP contribution in [-0.2, 0) is 0 Å². The molecule has 0 aliphatic carbocycles. The molecule has 98 valence electrons. The van der Waals surface area contributed by atoms with Gasteiger partial charge >= 0.3 is 0 Å². The molecule has 3 atom stereocenters. The molecule has 0 rings (SSSR count). The van der Waals surface area contributed by atoms with Crippen molar-refractivity contribution >= 4 is 0 Å². The third-order valence-corrected chi connectivity index (χ3v) is 3.79. The van der Waals surface area contributed by atoms with Gasteiger partial charge in [0.25, 0.3) is 0 Å². The molecular weight excluding hydrogens is 194 g/mol. The van der Waals surface area contributed by atoms with Crippen molar-refractivity contribution in [2.45, 2.75) is 91.6 Å². The highest BCUT2D eigenvalue weighted by molar-refractivity contribution is 4.71. The molecule has 0 amide bonds. The average molecular weight is 227 g/mol. The minimum Gasteiger partial charge on any atom is -0.312 e. The van der Waals surface area contributed by atoms with E-state index in [1.54, 1.807) is 0 Å². The molecule has 0 fully saturated rings. The zero-order chi connectivity index (χ0) is 12.4. The Bertz CT molecular complexity index is 144. The van der Waals surface area contributed by atoms with Crippen LogP contribution in [0.4, 0.5) is 0 Å². The zero-order valence-electron chi connectivity index (χ0n) is 12.2. The van der Waals surface area contributed by atoms with Gasteiger partial charge in [0.15, 0.2) is 0 Å². The maximum Gasteiger partial charge on any atom is 0.00667 e. The van der Waals surface area contributed by atoms with Gasteiger partial charge in [-0.3, -0.25) is 0 Å². The number of rotatable bonds is 10. The molecule has 0 spiro atoms. The summed E-state index contributed by atoms with van der Waals surface area (Å²) in [6.07, 6.45) is 9.59. The first kappa shape index (κ1) is 16.0. The number of hydrogen-bond acceptors (Lipinski definition) is 1. The van der Waals surface area contributed by atoms with E-state index in [1.807, 2.05) is 0 Å². The minimum atomic E-state index is 0.663. The molecule has 0 radical (unpaired) electrons. The van der Waals surface area contributed by atoms with Crippen molar-refractivity contribution in [1.82, 2.24) is 5.32 Å². The fourth-order valence-electron chi connectivity index (χ4n) is 2.10. The lowest BCUT2D eigenvalue weighted by Crippen LogP contribution is -2.38. The van der Waals surface area contributed by atoms with Crippen LogP contribution in [0.15, 0.2) is 0 Å². The Labute approximate surface area is 103 Å². The van der Waals surface area contributed by atoms with Crippen LogP contribution < -0.4 is 5.32 Å². The van der Waals surface area contributed by atoms with Crippen molar-refractivity contribution < 1.29 is 0 Å². The van der Waals surface area contributed by atoms with Crippen LogP contribution in [0.2, 0.25) is 0 Å². The van der Waals surface area contributed by atoms with E-state index in [9.17, 15) is 0 Å². The van der Waals surface area contributed by atoms with Crippen LogP contribution in [0.5, 0.6) is 0 Å². The van der Waals surface area contributed by atoms with Gasteiger partial charge in [-0.15, -0.1) is 0 Å². The summed E-state index contributed by atoms with van der Waals surface area (Å²) in [5, 5.41) is 3.72. The van der Waals surface area contributed by atoms with E-state index in [2.05, 4.69) is 39.9 Å². The molecule has 1 N–H and O–H groups in total. The van der Waals surface area contributed by atoms with Gasteiger partial charge in [-0.2, -0.15) is 0 Å². The predicted octanol–water partition coefficient (Wildman–Crippen LogP) is 4.76. The summed E-state index contributed by atoms with van der Waals surface area (Å²) < 4.78 is 0. The van der Waals surface area contributed by atoms with E-state index < -0.39 is 0 Å². The zero-order valence-corrected chi connectivity index (χ0v) is 12.2. The van der Waals surface area contributed by atoms with Crippen molar-refractivity contribution in [3.63, 3.8) is 0 Å². The highest BCUT2D eigenvalue weighted by atomic mass is 14.9. The van der Waals surface area contributed by atoms with Gasteiger partial charge < -0.3 is 5.32 Å². The van der Waals surface area contributed by atoms with Crippen LogP contribution in [0.25, 0.3) is 0 Å². The topological polar surface area (TPSA) is 12.0 Å². The van der Waals surface area contributed by atoms with Crippen LogP contribution in [0.1, 0.15) is 79.6 Å². The molecule has 0 heterocycles. The smallest absolute Gasteiger partial charge is 0.00667 e. The molecule has 1 nitrogen and oxygen atoms in total. The van der Waals surface area contributed by atoms with Crippen LogP contribution >= 0.6 is 0 Å². The van der Waals surface area contributed by atoms with Crippen LogP contribution in [0, 0.1) is 5.92 Å². The fraction of sp³-hybridized carbons (Fsp3) is 1.00. The Balaban J connectivity index is 3.46. The second-order valence-electron chi connectivity index (χ2n) is 5.44. The summed E-state index contributed by atoms with van der Waals surface area (Å²) >= 11 is 0. The van der Waals surface area contributed by atoms with Gasteiger partial charge in [-0.25, -0.2) is 0 Å². The Morgan fingerprint density at radius 2 is 1.50 bits per heavy atom. The van der Waals surface area contributed by atoms with E-state index in [0.29, 0.717) is 12.1 Å². The molecule has 0 aliphatic heterocycles. The van der Waals surface area contributed by atoms with Gasteiger partial charge in [0, 0.05) is 12.1 Å². The quantitative estimate of drug-likeness (QED) is 0.531. The molecule has 0 aromatic carbocycles. The first-order valence-electron chi connectivity index (χ1n) is 7.37. The Kier molecular flexibility index (Phi) is 10.1. The molecule has 16 heavy (non-hydrogen) atoms. The second-order valence-corrected chi connectivity index (χ2v) is 5.44. The maximum atomic E-state index is 3.72. The number of unbranched alkanes of at least 4 members (excludes halogenated alkanes) is 4. The molecule has 0 aliphatic rings. The third-order valence-electron chi connectivity index (χ3n) is 3.79. The van der Waals surface area contributed by atoms with E-state index in [4.69, 9.17) is 0 Å². The second kappa shape index (κ2) is 10.1. The standard InChI is InChI=1S/C15H33N/c1-6-8-9-10-11-12-14(4)16-15(5)13(3)7-2/h13-16H,6-12H2,1-5H3. The van der Waals surface area contributed by atoms with Crippen LogP contribution in [0.3, 0.4) is 0 Å². The van der Waals surface area contributed by atoms with Gasteiger partial charge in [0.2, 0.25) is 0 Å². The van der Waals surface area contributed by atoms with E-state index in [-0.39, 0.29) is 0 Å². The fourth-order valence-corrected chi connectivity index (χ4v) is 2.10.